The lowest BCUT2D eigenvalue weighted by Gasteiger charge is -2.06. The van der Waals surface area contributed by atoms with Crippen LogP contribution in [0.5, 0.6) is 5.75 Å². The Morgan fingerprint density at radius 3 is 2.69 bits per heavy atom. The number of halogens is 2. The van der Waals surface area contributed by atoms with Gasteiger partial charge in [0, 0.05) is 17.5 Å². The van der Waals surface area contributed by atoms with Crippen LogP contribution in [-0.4, -0.2) is 19.3 Å². The molecule has 0 atom stereocenters. The zero-order chi connectivity index (χ0) is 12.1. The number of carbonyl (C=O) groups excluding carboxylic acids is 1. The van der Waals surface area contributed by atoms with E-state index in [0.717, 1.165) is 0 Å². The smallest absolute Gasteiger partial charge is 0.331 e. The number of hydrogen-bond acceptors (Lipinski definition) is 4. The van der Waals surface area contributed by atoms with Crippen LogP contribution in [0.25, 0.3) is 0 Å². The molecule has 1 rings (SSSR count). The maximum Gasteiger partial charge on any atom is 0.331 e. The van der Waals surface area contributed by atoms with Crippen molar-refractivity contribution in [1.82, 2.24) is 0 Å². The van der Waals surface area contributed by atoms with Gasteiger partial charge in [-0.15, -0.1) is 0 Å². The van der Waals surface area contributed by atoms with Gasteiger partial charge in [-0.1, -0.05) is 28.4 Å². The first-order valence-electron chi connectivity index (χ1n) is 4.28. The summed E-state index contributed by atoms with van der Waals surface area (Å²) >= 11 is 11.7. The monoisotopic (exact) mass is 261 g/mol. The maximum absolute atomic E-state index is 10.5. The van der Waals surface area contributed by atoms with Crippen LogP contribution < -0.4 is 4.74 Å². The van der Waals surface area contributed by atoms with E-state index in [4.69, 9.17) is 27.9 Å². The molecule has 0 saturated heterocycles. The minimum atomic E-state index is -0.511. The van der Waals surface area contributed by atoms with Gasteiger partial charge >= 0.3 is 5.97 Å². The molecule has 0 bridgehead atoms. The van der Waals surface area contributed by atoms with Crippen LogP contribution in [-0.2, 0) is 9.63 Å². The molecule has 0 aliphatic carbocycles. The van der Waals surface area contributed by atoms with Gasteiger partial charge in [-0.2, -0.15) is 0 Å². The van der Waals surface area contributed by atoms with Crippen LogP contribution in [0.2, 0.25) is 10.0 Å². The van der Waals surface area contributed by atoms with E-state index < -0.39 is 5.97 Å². The Morgan fingerprint density at radius 2 is 2.12 bits per heavy atom. The van der Waals surface area contributed by atoms with Gasteiger partial charge in [0.25, 0.3) is 0 Å². The van der Waals surface area contributed by atoms with Crippen molar-refractivity contribution >= 4 is 35.4 Å². The van der Waals surface area contributed by atoms with Crippen molar-refractivity contribution in [3.05, 3.63) is 27.7 Å². The Bertz CT molecular complexity index is 432. The Balaban J connectivity index is 3.02. The van der Waals surface area contributed by atoms with E-state index in [-0.39, 0.29) is 0 Å². The number of rotatable bonds is 3. The van der Waals surface area contributed by atoms with Gasteiger partial charge in [-0.3, -0.25) is 0 Å². The summed E-state index contributed by atoms with van der Waals surface area (Å²) in [6.07, 6.45) is 1.30. The number of benzene rings is 1. The van der Waals surface area contributed by atoms with Crippen molar-refractivity contribution < 1.29 is 14.4 Å². The van der Waals surface area contributed by atoms with Crippen molar-refractivity contribution in [2.75, 3.05) is 7.11 Å². The van der Waals surface area contributed by atoms with Crippen LogP contribution >= 0.6 is 23.2 Å². The van der Waals surface area contributed by atoms with Gasteiger partial charge in [0.1, 0.15) is 5.75 Å². The SMILES string of the molecule is COc1c(Cl)cc(Cl)cc1C=NOC(C)=O. The normalized spacial score (nSPS) is 10.5. The maximum atomic E-state index is 10.5. The molecule has 6 heteroatoms. The average Bonchev–Trinajstić information content (AvgIpc) is 2.16. The highest BCUT2D eigenvalue weighted by atomic mass is 35.5. The van der Waals surface area contributed by atoms with E-state index in [1.165, 1.54) is 20.2 Å². The lowest BCUT2D eigenvalue weighted by atomic mass is 10.2. The molecule has 0 aromatic heterocycles. The highest BCUT2D eigenvalue weighted by Crippen LogP contribution is 2.31. The largest absolute Gasteiger partial charge is 0.495 e. The summed E-state index contributed by atoms with van der Waals surface area (Å²) in [6, 6.07) is 3.14. The van der Waals surface area contributed by atoms with E-state index in [0.29, 0.717) is 21.4 Å². The quantitative estimate of drug-likeness (QED) is 0.478. The number of oxime groups is 1. The minimum Gasteiger partial charge on any atom is -0.495 e. The van der Waals surface area contributed by atoms with Gasteiger partial charge in [-0.05, 0) is 12.1 Å². The van der Waals surface area contributed by atoms with Gasteiger partial charge in [0.2, 0.25) is 0 Å². The Labute approximate surface area is 103 Å². The molecule has 16 heavy (non-hydrogen) atoms. The highest BCUT2D eigenvalue weighted by molar-refractivity contribution is 6.36. The highest BCUT2D eigenvalue weighted by Gasteiger charge is 2.08. The standard InChI is InChI=1S/C10H9Cl2NO3/c1-6(14)16-13-5-7-3-8(11)4-9(12)10(7)15-2/h3-5H,1-2H3. The fourth-order valence-electron chi connectivity index (χ4n) is 1.05. The van der Waals surface area contributed by atoms with E-state index in [9.17, 15) is 4.79 Å². The van der Waals surface area contributed by atoms with Crippen LogP contribution in [0.15, 0.2) is 17.3 Å². The molecule has 0 saturated carbocycles. The molecule has 0 fully saturated rings. The van der Waals surface area contributed by atoms with E-state index in [1.807, 2.05) is 0 Å². The summed E-state index contributed by atoms with van der Waals surface area (Å²) in [5.41, 5.74) is 0.529. The van der Waals surface area contributed by atoms with Crippen molar-refractivity contribution in [3.63, 3.8) is 0 Å². The molecule has 1 aromatic rings. The predicted octanol–water partition coefficient (Wildman–Crippen LogP) is 2.90. The van der Waals surface area contributed by atoms with Gasteiger partial charge in [0.15, 0.2) is 0 Å². The zero-order valence-corrected chi connectivity index (χ0v) is 10.2. The van der Waals surface area contributed by atoms with E-state index in [1.54, 1.807) is 12.1 Å². The molecule has 0 unspecified atom stereocenters. The van der Waals surface area contributed by atoms with Gasteiger partial charge < -0.3 is 9.57 Å². The van der Waals surface area contributed by atoms with Crippen LogP contribution in [0, 0.1) is 0 Å². The van der Waals surface area contributed by atoms with Gasteiger partial charge in [-0.25, -0.2) is 4.79 Å². The zero-order valence-electron chi connectivity index (χ0n) is 8.66. The number of hydrogen-bond donors (Lipinski definition) is 0. The molecule has 0 spiro atoms. The number of ether oxygens (including phenoxy) is 1. The summed E-state index contributed by atoms with van der Waals surface area (Å²) in [6.45, 7) is 1.25. The van der Waals surface area contributed by atoms with Crippen molar-refractivity contribution in [2.24, 2.45) is 5.16 Å². The first-order valence-corrected chi connectivity index (χ1v) is 5.04. The van der Waals surface area contributed by atoms with E-state index in [2.05, 4.69) is 9.99 Å². The molecule has 0 heterocycles. The third-order valence-corrected chi connectivity index (χ3v) is 2.11. The number of nitrogens with zero attached hydrogens (tertiary/aromatic N) is 1. The first-order chi connectivity index (χ1) is 7.54. The Morgan fingerprint density at radius 1 is 1.44 bits per heavy atom. The topological polar surface area (TPSA) is 47.9 Å². The molecule has 0 N–H and O–H groups in total. The summed E-state index contributed by atoms with van der Waals surface area (Å²) in [5, 5.41) is 4.26. The molecule has 1 aromatic carbocycles. The second kappa shape index (κ2) is 5.72. The predicted molar refractivity (Wildman–Crippen MR) is 62.4 cm³/mol. The number of carbonyl (C=O) groups is 1. The molecular formula is C10H9Cl2NO3. The van der Waals surface area contributed by atoms with Crippen molar-refractivity contribution in [1.29, 1.82) is 0 Å². The molecule has 0 aliphatic heterocycles. The molecule has 0 radical (unpaired) electrons. The summed E-state index contributed by atoms with van der Waals surface area (Å²) in [7, 11) is 1.47. The van der Waals surface area contributed by atoms with Crippen LogP contribution in [0.1, 0.15) is 12.5 Å². The fourth-order valence-corrected chi connectivity index (χ4v) is 1.64. The molecule has 86 valence electrons. The van der Waals surface area contributed by atoms with Crippen molar-refractivity contribution in [3.8, 4) is 5.75 Å². The van der Waals surface area contributed by atoms with Crippen LogP contribution in [0.3, 0.4) is 0 Å². The summed E-state index contributed by atoms with van der Waals surface area (Å²) in [4.78, 5) is 14.9. The average molecular weight is 262 g/mol. The van der Waals surface area contributed by atoms with E-state index >= 15 is 0 Å². The first kappa shape index (κ1) is 12.8. The van der Waals surface area contributed by atoms with Crippen LogP contribution in [0.4, 0.5) is 0 Å². The fraction of sp³-hybridized carbons (Fsp3) is 0.200. The third kappa shape index (κ3) is 3.40. The third-order valence-electron chi connectivity index (χ3n) is 1.61. The molecule has 0 aliphatic rings. The van der Waals surface area contributed by atoms with Gasteiger partial charge in [0.05, 0.1) is 18.3 Å². The summed E-state index contributed by atoms with van der Waals surface area (Å²) < 4.78 is 5.07. The summed E-state index contributed by atoms with van der Waals surface area (Å²) in [5.74, 6) is -0.0923. The second-order valence-electron chi connectivity index (χ2n) is 2.83. The second-order valence-corrected chi connectivity index (χ2v) is 3.67. The molecular weight excluding hydrogens is 253 g/mol. The molecule has 4 nitrogen and oxygen atoms in total. The lowest BCUT2D eigenvalue weighted by Crippen LogP contribution is -1.95. The Hall–Kier alpha value is -1.26. The van der Waals surface area contributed by atoms with Crippen molar-refractivity contribution in [2.45, 2.75) is 6.92 Å². The lowest BCUT2D eigenvalue weighted by molar-refractivity contribution is -0.140. The minimum absolute atomic E-state index is 0.360. The Kier molecular flexibility index (Phi) is 4.58. The molecule has 0 amide bonds. The number of methoxy groups -OCH3 is 1.